The molecule has 1 saturated heterocycles. The molecule has 4 heterocycles. The number of hydrogen-bond acceptors (Lipinski definition) is 10. The van der Waals surface area contributed by atoms with Crippen molar-refractivity contribution >= 4 is 35.4 Å². The number of ether oxygens (including phenoxy) is 1. The SMILES string of the molecule is CN(C)C(=O)c1cn(CCc2nc(N/N=C/c3ccc4c(c3)CC(=O)N4)cc(N3CCOCC3)n2)nn1. The molecule has 0 radical (unpaired) electrons. The number of nitrogens with zero attached hydrogens (tertiary/aromatic N) is 8. The van der Waals surface area contributed by atoms with E-state index in [1.54, 1.807) is 31.2 Å². The van der Waals surface area contributed by atoms with Crippen LogP contribution in [0.25, 0.3) is 0 Å². The second-order valence-electron chi connectivity index (χ2n) is 8.96. The van der Waals surface area contributed by atoms with Crippen LogP contribution in [0.3, 0.4) is 0 Å². The van der Waals surface area contributed by atoms with Crippen LogP contribution in [-0.4, -0.2) is 88.3 Å². The molecule has 0 bridgehead atoms. The van der Waals surface area contributed by atoms with Crippen molar-refractivity contribution in [1.29, 1.82) is 0 Å². The maximum Gasteiger partial charge on any atom is 0.275 e. The van der Waals surface area contributed by atoms with E-state index in [9.17, 15) is 9.59 Å². The highest BCUT2D eigenvalue weighted by Gasteiger charge is 2.18. The summed E-state index contributed by atoms with van der Waals surface area (Å²) in [6.07, 6.45) is 4.18. The average Bonchev–Trinajstić information content (AvgIpc) is 3.53. The van der Waals surface area contributed by atoms with E-state index in [1.165, 1.54) is 4.90 Å². The number of amides is 2. The number of rotatable bonds is 8. The van der Waals surface area contributed by atoms with Gasteiger partial charge in [0.1, 0.15) is 11.6 Å². The molecule has 13 heteroatoms. The quantitative estimate of drug-likeness (QED) is 0.336. The molecule has 2 amide bonds. The van der Waals surface area contributed by atoms with E-state index in [-0.39, 0.29) is 17.5 Å². The number of anilines is 3. The lowest BCUT2D eigenvalue weighted by atomic mass is 10.1. The van der Waals surface area contributed by atoms with Crippen molar-refractivity contribution in [3.8, 4) is 0 Å². The highest BCUT2D eigenvalue weighted by molar-refractivity contribution is 6.00. The Hall–Kier alpha value is -4.39. The molecule has 0 atom stereocenters. The molecule has 1 aromatic carbocycles. The number of morpholine rings is 1. The first-order valence-electron chi connectivity index (χ1n) is 12.0. The maximum atomic E-state index is 12.1. The summed E-state index contributed by atoms with van der Waals surface area (Å²) in [6.45, 7) is 3.21. The minimum absolute atomic E-state index is 0.00205. The molecule has 0 aliphatic carbocycles. The lowest BCUT2D eigenvalue weighted by Crippen LogP contribution is -2.37. The maximum absolute atomic E-state index is 12.1. The normalized spacial score (nSPS) is 15.1. The molecule has 2 aromatic heterocycles. The predicted octanol–water partition coefficient (Wildman–Crippen LogP) is 0.790. The molecule has 2 N–H and O–H groups in total. The second kappa shape index (κ2) is 10.7. The molecule has 5 rings (SSSR count). The van der Waals surface area contributed by atoms with Crippen LogP contribution in [0.15, 0.2) is 35.6 Å². The fourth-order valence-electron chi connectivity index (χ4n) is 4.06. The van der Waals surface area contributed by atoms with E-state index < -0.39 is 0 Å². The Kier molecular flexibility index (Phi) is 7.03. The summed E-state index contributed by atoms with van der Waals surface area (Å²) in [6, 6.07) is 7.58. The van der Waals surface area contributed by atoms with Gasteiger partial charge in [0.15, 0.2) is 11.5 Å². The van der Waals surface area contributed by atoms with Gasteiger partial charge in [0.05, 0.1) is 32.0 Å². The fraction of sp³-hybridized carbons (Fsp3) is 0.375. The third-order valence-corrected chi connectivity index (χ3v) is 5.97. The first-order valence-corrected chi connectivity index (χ1v) is 12.0. The predicted molar refractivity (Wildman–Crippen MR) is 137 cm³/mol. The Morgan fingerprint density at radius 2 is 2.08 bits per heavy atom. The van der Waals surface area contributed by atoms with Crippen molar-refractivity contribution in [2.24, 2.45) is 5.10 Å². The number of hydrazone groups is 1. The number of aromatic nitrogens is 5. The summed E-state index contributed by atoms with van der Waals surface area (Å²) in [5, 5.41) is 15.2. The smallest absolute Gasteiger partial charge is 0.275 e. The minimum atomic E-state index is -0.201. The van der Waals surface area contributed by atoms with Crippen LogP contribution in [-0.2, 0) is 28.9 Å². The van der Waals surface area contributed by atoms with Crippen molar-refractivity contribution in [2.45, 2.75) is 19.4 Å². The number of fused-ring (bicyclic) bond motifs is 1. The van der Waals surface area contributed by atoms with Crippen LogP contribution >= 0.6 is 0 Å². The number of carbonyl (C=O) groups excluding carboxylic acids is 2. The van der Waals surface area contributed by atoms with Crippen molar-refractivity contribution in [1.82, 2.24) is 29.9 Å². The number of benzene rings is 1. The van der Waals surface area contributed by atoms with Crippen LogP contribution in [0, 0.1) is 0 Å². The molecule has 2 aliphatic rings. The Morgan fingerprint density at radius 1 is 1.24 bits per heavy atom. The summed E-state index contributed by atoms with van der Waals surface area (Å²) in [5.74, 6) is 1.75. The molecule has 13 nitrogen and oxygen atoms in total. The summed E-state index contributed by atoms with van der Waals surface area (Å²) in [4.78, 5) is 36.7. The Balaban J connectivity index is 1.30. The zero-order chi connectivity index (χ0) is 25.8. The van der Waals surface area contributed by atoms with Gasteiger partial charge >= 0.3 is 0 Å². The monoisotopic (exact) mass is 504 g/mol. The van der Waals surface area contributed by atoms with Gasteiger partial charge in [-0.2, -0.15) is 5.10 Å². The molecule has 2 aliphatic heterocycles. The number of hydrogen-bond donors (Lipinski definition) is 2. The van der Waals surface area contributed by atoms with Gasteiger partial charge in [-0.1, -0.05) is 11.3 Å². The van der Waals surface area contributed by atoms with Crippen molar-refractivity contribution in [3.05, 3.63) is 53.1 Å². The molecule has 0 spiro atoms. The van der Waals surface area contributed by atoms with E-state index in [0.29, 0.717) is 44.2 Å². The van der Waals surface area contributed by atoms with Gasteiger partial charge < -0.3 is 19.9 Å². The Labute approximate surface area is 213 Å². The standard InChI is InChI=1S/C24H28N10O3/c1-32(2)24(36)19-15-34(31-29-19)6-5-20-27-21(13-22(28-20)33-7-9-37-10-8-33)30-25-14-16-3-4-18-17(11-16)12-23(35)26-18/h3-4,11,13-15H,5-10,12H2,1-2H3,(H,26,35)(H,27,28,30)/b25-14+. The summed E-state index contributed by atoms with van der Waals surface area (Å²) in [7, 11) is 3.34. The third kappa shape index (κ3) is 5.89. The summed E-state index contributed by atoms with van der Waals surface area (Å²) in [5.41, 5.74) is 5.97. The van der Waals surface area contributed by atoms with Crippen LogP contribution in [0.2, 0.25) is 0 Å². The van der Waals surface area contributed by atoms with Crippen molar-refractivity contribution in [2.75, 3.05) is 56.0 Å². The highest BCUT2D eigenvalue weighted by Crippen LogP contribution is 2.23. The van der Waals surface area contributed by atoms with Gasteiger partial charge in [-0.3, -0.25) is 19.7 Å². The summed E-state index contributed by atoms with van der Waals surface area (Å²) >= 11 is 0. The van der Waals surface area contributed by atoms with E-state index in [1.807, 2.05) is 24.3 Å². The van der Waals surface area contributed by atoms with Gasteiger partial charge in [-0.25, -0.2) is 9.97 Å². The van der Waals surface area contributed by atoms with Crippen LogP contribution < -0.4 is 15.6 Å². The van der Waals surface area contributed by atoms with Gasteiger partial charge in [-0.15, -0.1) is 5.10 Å². The third-order valence-electron chi connectivity index (χ3n) is 5.97. The minimum Gasteiger partial charge on any atom is -0.378 e. The number of nitrogens with one attached hydrogen (secondary N) is 2. The molecule has 192 valence electrons. The largest absolute Gasteiger partial charge is 0.378 e. The number of aryl methyl sites for hydroxylation is 2. The number of carbonyl (C=O) groups is 2. The molecule has 0 saturated carbocycles. The Morgan fingerprint density at radius 3 is 2.89 bits per heavy atom. The average molecular weight is 505 g/mol. The highest BCUT2D eigenvalue weighted by atomic mass is 16.5. The van der Waals surface area contributed by atoms with E-state index in [4.69, 9.17) is 9.72 Å². The van der Waals surface area contributed by atoms with Crippen LogP contribution in [0.5, 0.6) is 0 Å². The van der Waals surface area contributed by atoms with Gasteiger partial charge in [-0.05, 0) is 23.3 Å². The van der Waals surface area contributed by atoms with E-state index in [2.05, 4.69) is 36.0 Å². The molecule has 1 fully saturated rings. The van der Waals surface area contributed by atoms with Gasteiger partial charge in [0.2, 0.25) is 5.91 Å². The molecule has 37 heavy (non-hydrogen) atoms. The topological polar surface area (TPSA) is 143 Å². The van der Waals surface area contributed by atoms with Gasteiger partial charge in [0, 0.05) is 51.9 Å². The van der Waals surface area contributed by atoms with Crippen molar-refractivity contribution < 1.29 is 14.3 Å². The van der Waals surface area contributed by atoms with Crippen molar-refractivity contribution in [3.63, 3.8) is 0 Å². The van der Waals surface area contributed by atoms with Crippen LogP contribution in [0.1, 0.15) is 27.4 Å². The first kappa shape index (κ1) is 24.3. The summed E-state index contributed by atoms with van der Waals surface area (Å²) < 4.78 is 7.09. The zero-order valence-corrected chi connectivity index (χ0v) is 20.7. The lowest BCUT2D eigenvalue weighted by Gasteiger charge is -2.28. The Bertz CT molecular complexity index is 1330. The second-order valence-corrected chi connectivity index (χ2v) is 8.96. The van der Waals surface area contributed by atoms with Gasteiger partial charge in [0.25, 0.3) is 5.91 Å². The molecular formula is C24H28N10O3. The molecule has 0 unspecified atom stereocenters. The van der Waals surface area contributed by atoms with E-state index >= 15 is 0 Å². The zero-order valence-electron chi connectivity index (χ0n) is 20.7. The fourth-order valence-corrected chi connectivity index (χ4v) is 4.06. The van der Waals surface area contributed by atoms with Crippen LogP contribution in [0.4, 0.5) is 17.3 Å². The lowest BCUT2D eigenvalue weighted by molar-refractivity contribution is -0.115. The first-order chi connectivity index (χ1) is 17.9. The molecular weight excluding hydrogens is 476 g/mol. The van der Waals surface area contributed by atoms with E-state index in [0.717, 1.165) is 35.7 Å². The molecule has 3 aromatic rings.